The first kappa shape index (κ1) is 24.9. The number of esters is 1. The normalized spacial score (nSPS) is 10.6. The largest absolute Gasteiger partial charge is 0.463 e. The van der Waals surface area contributed by atoms with Crippen LogP contribution < -0.4 is 10.2 Å². The van der Waals surface area contributed by atoms with Crippen molar-refractivity contribution in [3.8, 4) is 0 Å². The summed E-state index contributed by atoms with van der Waals surface area (Å²) in [4.78, 5) is 32.6. The Kier molecular flexibility index (Phi) is 14.5. The molecule has 0 radical (unpaired) electrons. The van der Waals surface area contributed by atoms with E-state index >= 15 is 0 Å². The van der Waals surface area contributed by atoms with E-state index < -0.39 is 5.97 Å². The van der Waals surface area contributed by atoms with Crippen LogP contribution in [-0.2, 0) is 14.3 Å². The first-order chi connectivity index (χ1) is 11.1. The molecule has 0 spiro atoms. The monoisotopic (exact) mass is 459 g/mol. The van der Waals surface area contributed by atoms with Crippen molar-refractivity contribution in [3.05, 3.63) is 12.0 Å². The number of carbonyl (C=O) groups is 2. The Bertz CT molecular complexity index is 500. The maximum atomic E-state index is 12.1. The molecular weight excluding hydrogens is 429 g/mol. The third kappa shape index (κ3) is 7.47. The van der Waals surface area contributed by atoms with Crippen molar-refractivity contribution in [1.82, 2.24) is 9.71 Å². The highest BCUT2D eigenvalue weighted by Crippen LogP contribution is 2.14. The van der Waals surface area contributed by atoms with E-state index in [9.17, 15) is 9.59 Å². The number of ether oxygens (including phenoxy) is 2. The standard InChI is InChI=1S/C13H21N3O5.C2H6.HI.H2/c1-5-9(6-7-19-2)12(17)15-10-8-16(21-4)11(14-10)13(18)20-3;1-2;;/h8-9H,5-7H2,1-4H3,(H,15,17);1-2H3;2*1H. The summed E-state index contributed by atoms with van der Waals surface area (Å²) in [6.45, 7) is 6.43. The molecule has 1 unspecified atom stereocenters. The predicted molar refractivity (Wildman–Crippen MR) is 104 cm³/mol. The Morgan fingerprint density at radius 2 is 1.96 bits per heavy atom. The van der Waals surface area contributed by atoms with Gasteiger partial charge in [0, 0.05) is 21.1 Å². The van der Waals surface area contributed by atoms with Crippen LogP contribution >= 0.6 is 24.0 Å². The average Bonchev–Trinajstić information content (AvgIpc) is 2.99. The lowest BCUT2D eigenvalue weighted by molar-refractivity contribution is -0.120. The maximum Gasteiger partial charge on any atom is 0.377 e. The van der Waals surface area contributed by atoms with E-state index in [0.29, 0.717) is 19.4 Å². The van der Waals surface area contributed by atoms with Crippen LogP contribution in [-0.4, -0.2) is 49.5 Å². The molecule has 1 amide bonds. The lowest BCUT2D eigenvalue weighted by atomic mass is 10.0. The second kappa shape index (κ2) is 14.0. The van der Waals surface area contributed by atoms with Crippen LogP contribution in [0, 0.1) is 5.92 Å². The molecule has 1 N–H and O–H groups in total. The summed E-state index contributed by atoms with van der Waals surface area (Å²) in [5.41, 5.74) is 0. The molecule has 0 bridgehead atoms. The molecule has 1 atom stereocenters. The number of methoxy groups -OCH3 is 2. The summed E-state index contributed by atoms with van der Waals surface area (Å²) in [5.74, 6) is -0.812. The van der Waals surface area contributed by atoms with Crippen LogP contribution in [0.5, 0.6) is 0 Å². The van der Waals surface area contributed by atoms with Gasteiger partial charge in [-0.05, 0) is 12.8 Å². The Morgan fingerprint density at radius 3 is 2.42 bits per heavy atom. The zero-order valence-electron chi connectivity index (χ0n) is 15.1. The van der Waals surface area contributed by atoms with Gasteiger partial charge in [0.1, 0.15) is 7.11 Å². The molecule has 9 heteroatoms. The highest BCUT2D eigenvalue weighted by molar-refractivity contribution is 14.0. The van der Waals surface area contributed by atoms with Gasteiger partial charge in [0.2, 0.25) is 5.91 Å². The smallest absolute Gasteiger partial charge is 0.377 e. The number of anilines is 1. The van der Waals surface area contributed by atoms with E-state index in [1.807, 2.05) is 20.8 Å². The molecule has 1 heterocycles. The summed E-state index contributed by atoms with van der Waals surface area (Å²) < 4.78 is 10.7. The molecule has 0 saturated heterocycles. The predicted octanol–water partition coefficient (Wildman–Crippen LogP) is 2.62. The Hall–Kier alpha value is -1.36. The van der Waals surface area contributed by atoms with Crippen LogP contribution in [0.1, 0.15) is 45.7 Å². The summed E-state index contributed by atoms with van der Waals surface area (Å²) in [6.07, 6.45) is 2.71. The molecule has 0 fully saturated rings. The second-order valence-corrected chi connectivity index (χ2v) is 4.33. The molecule has 24 heavy (non-hydrogen) atoms. The van der Waals surface area contributed by atoms with E-state index in [1.165, 1.54) is 20.4 Å². The van der Waals surface area contributed by atoms with E-state index in [4.69, 9.17) is 9.57 Å². The minimum atomic E-state index is -0.649. The minimum Gasteiger partial charge on any atom is -0.463 e. The van der Waals surface area contributed by atoms with E-state index in [-0.39, 0.29) is 48.9 Å². The summed E-state index contributed by atoms with van der Waals surface area (Å²) in [5, 5.41) is 2.66. The highest BCUT2D eigenvalue weighted by Gasteiger charge is 2.21. The second-order valence-electron chi connectivity index (χ2n) is 4.33. The number of hydrogen-bond donors (Lipinski definition) is 1. The third-order valence-corrected chi connectivity index (χ3v) is 3.02. The van der Waals surface area contributed by atoms with Crippen LogP contribution in [0.4, 0.5) is 5.82 Å². The number of aromatic nitrogens is 2. The lowest BCUT2D eigenvalue weighted by Crippen LogP contribution is -2.23. The van der Waals surface area contributed by atoms with Gasteiger partial charge in [0.15, 0.2) is 5.82 Å². The molecule has 1 rings (SSSR count). The van der Waals surface area contributed by atoms with Crippen molar-refractivity contribution in [3.63, 3.8) is 0 Å². The number of nitrogens with one attached hydrogen (secondary N) is 1. The number of carbonyl (C=O) groups excluding carboxylic acids is 2. The van der Waals surface area contributed by atoms with Crippen molar-refractivity contribution >= 4 is 41.7 Å². The first-order valence-electron chi connectivity index (χ1n) is 7.59. The first-order valence-corrected chi connectivity index (χ1v) is 7.59. The molecule has 1 aromatic heterocycles. The van der Waals surface area contributed by atoms with Crippen LogP contribution in [0.3, 0.4) is 0 Å². The molecule has 0 aliphatic rings. The number of rotatable bonds is 8. The Morgan fingerprint density at radius 1 is 1.33 bits per heavy atom. The van der Waals surface area contributed by atoms with Crippen molar-refractivity contribution in [2.45, 2.75) is 33.6 Å². The van der Waals surface area contributed by atoms with Gasteiger partial charge in [-0.2, -0.15) is 4.73 Å². The Labute approximate surface area is 161 Å². The zero-order chi connectivity index (χ0) is 17.8. The third-order valence-electron chi connectivity index (χ3n) is 3.02. The van der Waals surface area contributed by atoms with Crippen molar-refractivity contribution in [2.75, 3.05) is 33.3 Å². The number of imidazole rings is 1. The molecule has 0 saturated carbocycles. The molecule has 0 aliphatic carbocycles. The summed E-state index contributed by atoms with van der Waals surface area (Å²) in [7, 11) is 4.22. The molecule has 1 aromatic rings. The number of amides is 1. The topological polar surface area (TPSA) is 91.7 Å². The number of nitrogens with zero attached hydrogens (tertiary/aromatic N) is 2. The van der Waals surface area contributed by atoms with Gasteiger partial charge in [-0.15, -0.1) is 24.0 Å². The van der Waals surface area contributed by atoms with E-state index in [0.717, 1.165) is 4.73 Å². The fourth-order valence-corrected chi connectivity index (χ4v) is 1.80. The maximum absolute atomic E-state index is 12.1. The molecule has 142 valence electrons. The van der Waals surface area contributed by atoms with E-state index in [2.05, 4.69) is 15.0 Å². The SMILES string of the molecule is CC.CCC(CCOC)C(=O)Nc1cn(OC)c(C(=O)OC)n1.I.[HH]. The fourth-order valence-electron chi connectivity index (χ4n) is 1.80. The van der Waals surface area contributed by atoms with Crippen LogP contribution in [0.2, 0.25) is 0 Å². The van der Waals surface area contributed by atoms with Gasteiger partial charge in [-0.3, -0.25) is 4.79 Å². The van der Waals surface area contributed by atoms with Gasteiger partial charge in [0.05, 0.1) is 13.3 Å². The average molecular weight is 459 g/mol. The molecule has 0 aromatic carbocycles. The summed E-state index contributed by atoms with van der Waals surface area (Å²) in [6, 6.07) is 0. The molecule has 0 aliphatic heterocycles. The molecule has 8 nitrogen and oxygen atoms in total. The van der Waals surface area contributed by atoms with Gasteiger partial charge in [0.25, 0.3) is 5.82 Å². The number of hydrogen-bond acceptors (Lipinski definition) is 6. The van der Waals surface area contributed by atoms with Gasteiger partial charge >= 0.3 is 5.97 Å². The number of halogens is 1. The van der Waals surface area contributed by atoms with Crippen molar-refractivity contribution < 1.29 is 25.3 Å². The van der Waals surface area contributed by atoms with Gasteiger partial charge in [-0.1, -0.05) is 20.8 Å². The zero-order valence-corrected chi connectivity index (χ0v) is 17.5. The Balaban J connectivity index is -0.00000116. The highest BCUT2D eigenvalue weighted by atomic mass is 127. The van der Waals surface area contributed by atoms with E-state index in [1.54, 1.807) is 7.11 Å². The fraction of sp³-hybridized carbons (Fsp3) is 0.667. The molecular formula is C15H30IN3O5. The van der Waals surface area contributed by atoms with Crippen molar-refractivity contribution in [1.29, 1.82) is 0 Å². The quantitative estimate of drug-likeness (QED) is 0.475. The summed E-state index contributed by atoms with van der Waals surface area (Å²) >= 11 is 0. The lowest BCUT2D eigenvalue weighted by Gasteiger charge is -2.12. The van der Waals surface area contributed by atoms with Gasteiger partial charge < -0.3 is 19.6 Å². The van der Waals surface area contributed by atoms with Crippen LogP contribution in [0.25, 0.3) is 0 Å². The van der Waals surface area contributed by atoms with Crippen LogP contribution in [0.15, 0.2) is 6.20 Å². The van der Waals surface area contributed by atoms with Gasteiger partial charge in [-0.25, -0.2) is 9.78 Å². The minimum absolute atomic E-state index is 0. The van der Waals surface area contributed by atoms with Crippen molar-refractivity contribution in [2.24, 2.45) is 5.92 Å².